The van der Waals surface area contributed by atoms with Crippen LogP contribution in [0.15, 0.2) is 89.9 Å². The van der Waals surface area contributed by atoms with Crippen molar-refractivity contribution in [1.82, 2.24) is 56.5 Å². The van der Waals surface area contributed by atoms with Gasteiger partial charge in [0.15, 0.2) is 0 Å². The Kier molecular flexibility index (Phi) is 14.0. The Balaban J connectivity index is 0.831. The van der Waals surface area contributed by atoms with E-state index in [2.05, 4.69) is 72.7 Å². The average molecular weight is 865 g/mol. The molecule has 6 aliphatic heterocycles. The minimum atomic E-state index is -0.229. The molecule has 63 heavy (non-hydrogen) atoms. The SMILES string of the molecule is C=C(Cn1cc(CNC2CC(N3CCCC[C@H]3CCO)NC3C(CC)CNN23)ccc1=O)C(=O)N1CCC[C@@H](N2NC(c3ccc(Oc4ccccc4)cc3)C3C(N)NCNC32)C1. The van der Waals surface area contributed by atoms with Crippen molar-refractivity contribution in [3.05, 3.63) is 107 Å². The average Bonchev–Trinajstić information content (AvgIpc) is 3.93. The van der Waals surface area contributed by atoms with Crippen LogP contribution in [0.4, 0.5) is 0 Å². The molecule has 6 aliphatic rings. The van der Waals surface area contributed by atoms with Crippen LogP contribution in [0, 0.1) is 11.8 Å². The number of rotatable bonds is 14. The number of aliphatic hydroxyl groups excluding tert-OH is 1. The number of aliphatic hydroxyl groups is 1. The van der Waals surface area contributed by atoms with Gasteiger partial charge in [0.1, 0.15) is 11.5 Å². The number of pyridine rings is 1. The third-order valence-corrected chi connectivity index (χ3v) is 14.4. The van der Waals surface area contributed by atoms with Crippen LogP contribution in [0.2, 0.25) is 0 Å². The molecule has 9 N–H and O–H groups in total. The second kappa shape index (κ2) is 20.0. The number of carbonyl (C=O) groups is 1. The fourth-order valence-electron chi connectivity index (χ4n) is 11.1. The number of nitrogens with two attached hydrogens (primary N) is 1. The van der Waals surface area contributed by atoms with Crippen LogP contribution < -0.4 is 48.1 Å². The van der Waals surface area contributed by atoms with Crippen LogP contribution in [0.3, 0.4) is 0 Å². The van der Waals surface area contributed by atoms with Gasteiger partial charge in [0.25, 0.3) is 11.5 Å². The number of aromatic nitrogens is 1. The van der Waals surface area contributed by atoms with Gasteiger partial charge in [0, 0.05) is 87.6 Å². The first-order valence-corrected chi connectivity index (χ1v) is 23.4. The summed E-state index contributed by atoms with van der Waals surface area (Å²) in [6.07, 6.45) is 10.2. The molecule has 0 aliphatic carbocycles. The second-order valence-corrected chi connectivity index (χ2v) is 18.4. The summed E-state index contributed by atoms with van der Waals surface area (Å²) < 4.78 is 7.69. The fourth-order valence-corrected chi connectivity index (χ4v) is 11.1. The summed E-state index contributed by atoms with van der Waals surface area (Å²) in [5.74, 6) is 1.95. The van der Waals surface area contributed by atoms with Crippen molar-refractivity contribution in [3.63, 3.8) is 0 Å². The molecule has 16 heteroatoms. The molecule has 9 rings (SSSR count). The van der Waals surface area contributed by atoms with E-state index in [1.165, 1.54) is 12.8 Å². The number of para-hydroxylation sites is 1. The van der Waals surface area contributed by atoms with Gasteiger partial charge in [0.05, 0.1) is 43.4 Å². The van der Waals surface area contributed by atoms with Crippen LogP contribution >= 0.6 is 0 Å². The second-order valence-electron chi connectivity index (χ2n) is 18.4. The molecule has 0 saturated carbocycles. The maximum atomic E-state index is 14.1. The van der Waals surface area contributed by atoms with E-state index in [-0.39, 0.29) is 73.4 Å². The molecule has 0 bridgehead atoms. The van der Waals surface area contributed by atoms with Crippen LogP contribution in [0.1, 0.15) is 75.5 Å². The topological polar surface area (TPSA) is 180 Å². The van der Waals surface area contributed by atoms with E-state index in [1.807, 2.05) is 59.6 Å². The molecule has 2 aromatic carbocycles. The zero-order valence-electron chi connectivity index (χ0n) is 36.7. The summed E-state index contributed by atoms with van der Waals surface area (Å²) in [6.45, 7) is 11.1. The molecule has 1 amide bonds. The van der Waals surface area contributed by atoms with Gasteiger partial charge in [-0.1, -0.05) is 56.3 Å². The van der Waals surface area contributed by atoms with E-state index >= 15 is 0 Å². The number of likely N-dealkylation sites (tertiary alicyclic amines) is 2. The number of fused-ring (bicyclic) bond motifs is 2. The highest BCUT2D eigenvalue weighted by molar-refractivity contribution is 5.92. The minimum Gasteiger partial charge on any atom is -0.457 e. The Morgan fingerprint density at radius 1 is 0.968 bits per heavy atom. The normalized spacial score (nSPS) is 31.7. The predicted octanol–water partition coefficient (Wildman–Crippen LogP) is 2.27. The zero-order valence-corrected chi connectivity index (χ0v) is 36.7. The number of benzene rings is 2. The first kappa shape index (κ1) is 44.2. The maximum absolute atomic E-state index is 14.1. The zero-order chi connectivity index (χ0) is 43.5. The predicted molar refractivity (Wildman–Crippen MR) is 242 cm³/mol. The molecule has 6 fully saturated rings. The molecular formula is C47H68N12O4. The van der Waals surface area contributed by atoms with Gasteiger partial charge in [-0.25, -0.2) is 15.4 Å². The lowest BCUT2D eigenvalue weighted by Gasteiger charge is -2.50. The van der Waals surface area contributed by atoms with Crippen LogP contribution in [-0.4, -0.2) is 118 Å². The molecule has 10 atom stereocenters. The van der Waals surface area contributed by atoms with Crippen LogP contribution in [0.5, 0.6) is 11.5 Å². The Labute approximate surface area is 371 Å². The quantitative estimate of drug-likeness (QED) is 0.111. The standard InChI is InChI=1S/C47H68N12O4/c1-3-33-26-52-59-39(24-40(53-45(33)59)57-22-8-7-10-35(57)20-23-60)49-25-32-14-19-41(61)56(28-32)27-31(2)47(62)55-21-9-11-36(29-55)58-46-42(44(48)50-30-51-46)43(54-58)34-15-17-38(18-16-34)63-37-12-5-4-6-13-37/h4-6,12-19,28,33,35-36,39-40,42-46,49-54,60H,2-3,7-11,20-27,29-30,48H2,1H3/t33?,35-,36+,39?,40?,42?,43?,44?,45?,46?/m0/s1. The Hall–Kier alpha value is -4.04. The number of piperidine rings is 2. The molecule has 6 saturated heterocycles. The van der Waals surface area contributed by atoms with Crippen molar-refractivity contribution in [1.29, 1.82) is 0 Å². The Morgan fingerprint density at radius 2 is 1.79 bits per heavy atom. The van der Waals surface area contributed by atoms with Gasteiger partial charge in [-0.3, -0.25) is 41.2 Å². The van der Waals surface area contributed by atoms with Gasteiger partial charge in [-0.2, -0.15) is 0 Å². The summed E-state index contributed by atoms with van der Waals surface area (Å²) in [4.78, 5) is 31.9. The van der Waals surface area contributed by atoms with E-state index in [0.717, 1.165) is 74.2 Å². The third kappa shape index (κ3) is 9.68. The highest BCUT2D eigenvalue weighted by Gasteiger charge is 2.50. The smallest absolute Gasteiger partial charge is 0.251 e. The molecule has 340 valence electrons. The van der Waals surface area contributed by atoms with E-state index in [1.54, 1.807) is 10.6 Å². The summed E-state index contributed by atoms with van der Waals surface area (Å²) in [6, 6.07) is 21.8. The van der Waals surface area contributed by atoms with Crippen molar-refractivity contribution in [2.45, 2.75) is 120 Å². The van der Waals surface area contributed by atoms with Crippen molar-refractivity contribution < 1.29 is 14.6 Å². The van der Waals surface area contributed by atoms with E-state index in [4.69, 9.17) is 10.5 Å². The van der Waals surface area contributed by atoms with Gasteiger partial charge in [-0.05, 0) is 80.5 Å². The highest BCUT2D eigenvalue weighted by Crippen LogP contribution is 2.38. The number of hydrogen-bond donors (Lipinski definition) is 8. The lowest BCUT2D eigenvalue weighted by Crippen LogP contribution is -2.69. The molecule has 8 unspecified atom stereocenters. The fraction of sp³-hybridized carbons (Fsp3) is 0.574. The van der Waals surface area contributed by atoms with Crippen molar-refractivity contribution in [2.24, 2.45) is 17.6 Å². The van der Waals surface area contributed by atoms with E-state index in [9.17, 15) is 14.7 Å². The molecule has 7 heterocycles. The van der Waals surface area contributed by atoms with Crippen molar-refractivity contribution >= 4 is 5.91 Å². The molecular weight excluding hydrogens is 797 g/mol. The number of hydrazine groups is 2. The largest absolute Gasteiger partial charge is 0.457 e. The van der Waals surface area contributed by atoms with Gasteiger partial charge in [-0.15, -0.1) is 0 Å². The number of amides is 1. The molecule has 3 aromatic rings. The van der Waals surface area contributed by atoms with E-state index in [0.29, 0.717) is 43.8 Å². The maximum Gasteiger partial charge on any atom is 0.251 e. The number of ether oxygens (including phenoxy) is 1. The molecule has 16 nitrogen and oxygen atoms in total. The van der Waals surface area contributed by atoms with Crippen LogP contribution in [-0.2, 0) is 17.9 Å². The van der Waals surface area contributed by atoms with Crippen molar-refractivity contribution in [2.75, 3.05) is 39.5 Å². The number of nitrogens with one attached hydrogen (secondary N) is 6. The van der Waals surface area contributed by atoms with E-state index < -0.39 is 0 Å². The third-order valence-electron chi connectivity index (χ3n) is 14.4. The molecule has 0 radical (unpaired) electrons. The molecule has 1 aromatic heterocycles. The summed E-state index contributed by atoms with van der Waals surface area (Å²) in [7, 11) is 0. The summed E-state index contributed by atoms with van der Waals surface area (Å²) in [5, 5.41) is 29.3. The lowest BCUT2D eigenvalue weighted by atomic mass is 9.88. The Morgan fingerprint density at radius 3 is 2.60 bits per heavy atom. The first-order chi connectivity index (χ1) is 30.8. The first-order valence-electron chi connectivity index (χ1n) is 23.4. The van der Waals surface area contributed by atoms with Crippen molar-refractivity contribution in [3.8, 4) is 11.5 Å². The van der Waals surface area contributed by atoms with Gasteiger partial charge in [0.2, 0.25) is 0 Å². The highest BCUT2D eigenvalue weighted by atomic mass is 16.5. The Bertz CT molecular complexity index is 2070. The summed E-state index contributed by atoms with van der Waals surface area (Å²) >= 11 is 0. The number of nitrogens with zero attached hydrogens (tertiary/aromatic N) is 5. The number of carbonyl (C=O) groups excluding carboxylic acids is 1. The summed E-state index contributed by atoms with van der Waals surface area (Å²) in [5.41, 5.74) is 16.5. The number of hydrogen-bond acceptors (Lipinski definition) is 14. The van der Waals surface area contributed by atoms with Crippen LogP contribution in [0.25, 0.3) is 0 Å². The minimum absolute atomic E-state index is 0.0331. The van der Waals surface area contributed by atoms with Gasteiger partial charge < -0.3 is 25.0 Å². The lowest BCUT2D eigenvalue weighted by molar-refractivity contribution is -0.130. The van der Waals surface area contributed by atoms with Gasteiger partial charge >= 0.3 is 0 Å². The molecule has 0 spiro atoms. The monoisotopic (exact) mass is 865 g/mol.